The highest BCUT2D eigenvalue weighted by atomic mass is 32.2. The second-order valence-corrected chi connectivity index (χ2v) is 6.94. The predicted octanol–water partition coefficient (Wildman–Crippen LogP) is 0.369. The largest absolute Gasteiger partial charge is 0.320 e. The summed E-state index contributed by atoms with van der Waals surface area (Å²) >= 11 is 0. The number of hydrogen-bond donors (Lipinski definition) is 2. The van der Waals surface area contributed by atoms with E-state index in [4.69, 9.17) is 5.73 Å². The molecule has 1 aromatic carbocycles. The molecule has 0 saturated carbocycles. The Kier molecular flexibility index (Phi) is 5.37. The van der Waals surface area contributed by atoms with Gasteiger partial charge in [0.2, 0.25) is 10.0 Å². The molecule has 1 aliphatic heterocycles. The van der Waals surface area contributed by atoms with Crippen LogP contribution in [0.1, 0.15) is 18.4 Å². The molecular weight excluding hydrogens is 286 g/mol. The number of nitrogens with two attached hydrogens (primary N) is 1. The molecule has 6 heteroatoms. The molecule has 0 aliphatic carbocycles. The molecule has 1 saturated heterocycles. The van der Waals surface area contributed by atoms with Crippen molar-refractivity contribution in [3.05, 3.63) is 29.8 Å². The van der Waals surface area contributed by atoms with Crippen LogP contribution in [0.4, 0.5) is 0 Å². The molecular formula is C15H21N3O2S. The van der Waals surface area contributed by atoms with Crippen molar-refractivity contribution in [2.75, 3.05) is 26.7 Å². The molecule has 1 aliphatic rings. The van der Waals surface area contributed by atoms with Crippen LogP contribution < -0.4 is 10.5 Å². The lowest BCUT2D eigenvalue weighted by Crippen LogP contribution is -2.43. The minimum atomic E-state index is -3.46. The first-order valence-electron chi connectivity index (χ1n) is 7.01. The zero-order valence-electron chi connectivity index (χ0n) is 12.2. The molecule has 0 aromatic heterocycles. The molecule has 1 fully saturated rings. The fraction of sp³-hybridized carbons (Fsp3) is 0.467. The summed E-state index contributed by atoms with van der Waals surface area (Å²) in [6.07, 6.45) is 1.69. The van der Waals surface area contributed by atoms with E-state index in [0.29, 0.717) is 0 Å². The topological polar surface area (TPSA) is 75.4 Å². The molecule has 2 rings (SSSR count). The van der Waals surface area contributed by atoms with E-state index in [2.05, 4.69) is 21.5 Å². The van der Waals surface area contributed by atoms with Crippen molar-refractivity contribution in [1.29, 1.82) is 0 Å². The summed E-state index contributed by atoms with van der Waals surface area (Å²) in [5, 5.41) is 0. The summed E-state index contributed by atoms with van der Waals surface area (Å²) < 4.78 is 27.4. The van der Waals surface area contributed by atoms with Crippen LogP contribution in [0.15, 0.2) is 29.2 Å². The Morgan fingerprint density at radius 1 is 1.29 bits per heavy atom. The van der Waals surface area contributed by atoms with E-state index in [1.165, 1.54) is 0 Å². The average molecular weight is 307 g/mol. The fourth-order valence-electron chi connectivity index (χ4n) is 2.28. The SMILES string of the molecule is CN1CCC(NS(=O)(=O)c2ccc(C#CCN)cc2)CC1. The summed E-state index contributed by atoms with van der Waals surface area (Å²) in [6, 6.07) is 6.58. The van der Waals surface area contributed by atoms with Gasteiger partial charge in [-0.05, 0) is 57.2 Å². The third-order valence-corrected chi connectivity index (χ3v) is 5.08. The van der Waals surface area contributed by atoms with E-state index in [-0.39, 0.29) is 17.5 Å². The first kappa shape index (κ1) is 16.0. The predicted molar refractivity (Wildman–Crippen MR) is 83.2 cm³/mol. The molecule has 114 valence electrons. The third kappa shape index (κ3) is 4.55. The van der Waals surface area contributed by atoms with Gasteiger partial charge in [-0.3, -0.25) is 0 Å². The quantitative estimate of drug-likeness (QED) is 0.791. The van der Waals surface area contributed by atoms with Gasteiger partial charge >= 0.3 is 0 Å². The first-order chi connectivity index (χ1) is 10.0. The number of likely N-dealkylation sites (tertiary alicyclic amines) is 1. The Balaban J connectivity index is 2.05. The maximum absolute atomic E-state index is 12.3. The van der Waals surface area contributed by atoms with Crippen LogP contribution in [0.3, 0.4) is 0 Å². The van der Waals surface area contributed by atoms with Crippen molar-refractivity contribution < 1.29 is 8.42 Å². The van der Waals surface area contributed by atoms with Crippen LogP contribution in [0.25, 0.3) is 0 Å². The molecule has 0 amide bonds. The van der Waals surface area contributed by atoms with Crippen molar-refractivity contribution in [2.45, 2.75) is 23.8 Å². The summed E-state index contributed by atoms with van der Waals surface area (Å²) in [5.41, 5.74) is 6.07. The van der Waals surface area contributed by atoms with Crippen LogP contribution in [-0.4, -0.2) is 46.0 Å². The second-order valence-electron chi connectivity index (χ2n) is 5.23. The lowest BCUT2D eigenvalue weighted by Gasteiger charge is -2.29. The average Bonchev–Trinajstić information content (AvgIpc) is 2.48. The first-order valence-corrected chi connectivity index (χ1v) is 8.49. The van der Waals surface area contributed by atoms with Gasteiger partial charge in [-0.1, -0.05) is 11.8 Å². The molecule has 0 unspecified atom stereocenters. The molecule has 1 heterocycles. The molecule has 3 N–H and O–H groups in total. The Morgan fingerprint density at radius 2 is 1.90 bits per heavy atom. The van der Waals surface area contributed by atoms with Gasteiger partial charge < -0.3 is 10.6 Å². The molecule has 0 bridgehead atoms. The van der Waals surface area contributed by atoms with Gasteiger partial charge in [0, 0.05) is 11.6 Å². The van der Waals surface area contributed by atoms with Crippen LogP contribution in [0, 0.1) is 11.8 Å². The number of sulfonamides is 1. The van der Waals surface area contributed by atoms with Gasteiger partial charge in [0.05, 0.1) is 11.4 Å². The van der Waals surface area contributed by atoms with Gasteiger partial charge in [-0.2, -0.15) is 0 Å². The monoisotopic (exact) mass is 307 g/mol. The molecule has 21 heavy (non-hydrogen) atoms. The minimum absolute atomic E-state index is 0.0166. The lowest BCUT2D eigenvalue weighted by molar-refractivity contribution is 0.248. The van der Waals surface area contributed by atoms with Gasteiger partial charge in [0.1, 0.15) is 0 Å². The standard InChI is InChI=1S/C15H21N3O2S/c1-18-11-8-14(9-12-18)17-21(19,20)15-6-4-13(5-7-15)3-2-10-16/h4-7,14,17H,8-12,16H2,1H3. The van der Waals surface area contributed by atoms with Gasteiger partial charge in [0.15, 0.2) is 0 Å². The number of hydrogen-bond acceptors (Lipinski definition) is 4. The van der Waals surface area contributed by atoms with E-state index in [9.17, 15) is 8.42 Å². The van der Waals surface area contributed by atoms with Gasteiger partial charge in [0.25, 0.3) is 0 Å². The summed E-state index contributed by atoms with van der Waals surface area (Å²) in [4.78, 5) is 2.48. The number of piperidine rings is 1. The van der Waals surface area contributed by atoms with E-state index < -0.39 is 10.0 Å². The minimum Gasteiger partial charge on any atom is -0.320 e. The zero-order chi connectivity index (χ0) is 15.3. The number of nitrogens with zero attached hydrogens (tertiary/aromatic N) is 1. The van der Waals surface area contributed by atoms with E-state index >= 15 is 0 Å². The van der Waals surface area contributed by atoms with Crippen molar-refractivity contribution in [2.24, 2.45) is 5.73 Å². The maximum Gasteiger partial charge on any atom is 0.240 e. The number of rotatable bonds is 3. The van der Waals surface area contributed by atoms with Gasteiger partial charge in [-0.15, -0.1) is 0 Å². The van der Waals surface area contributed by atoms with Crippen LogP contribution in [0.5, 0.6) is 0 Å². The smallest absolute Gasteiger partial charge is 0.240 e. The van der Waals surface area contributed by atoms with E-state index in [1.807, 2.05) is 7.05 Å². The molecule has 1 aromatic rings. The van der Waals surface area contributed by atoms with E-state index in [0.717, 1.165) is 31.5 Å². The van der Waals surface area contributed by atoms with Crippen molar-refractivity contribution in [3.8, 4) is 11.8 Å². The number of nitrogens with one attached hydrogen (secondary N) is 1. The molecule has 5 nitrogen and oxygen atoms in total. The second kappa shape index (κ2) is 7.05. The number of benzene rings is 1. The molecule has 0 radical (unpaired) electrons. The normalized spacial score (nSPS) is 17.2. The van der Waals surface area contributed by atoms with Crippen molar-refractivity contribution in [1.82, 2.24) is 9.62 Å². The van der Waals surface area contributed by atoms with E-state index in [1.54, 1.807) is 24.3 Å². The Bertz CT molecular complexity index is 621. The summed E-state index contributed by atoms with van der Waals surface area (Å²) in [7, 11) is -1.41. The lowest BCUT2D eigenvalue weighted by atomic mass is 10.1. The third-order valence-electron chi connectivity index (χ3n) is 3.54. The molecule has 0 atom stereocenters. The highest BCUT2D eigenvalue weighted by molar-refractivity contribution is 7.89. The fourth-order valence-corrected chi connectivity index (χ4v) is 3.59. The highest BCUT2D eigenvalue weighted by Crippen LogP contribution is 2.14. The maximum atomic E-state index is 12.3. The van der Waals surface area contributed by atoms with Gasteiger partial charge in [-0.25, -0.2) is 13.1 Å². The molecule has 0 spiro atoms. The summed E-state index contributed by atoms with van der Waals surface area (Å²) in [6.45, 7) is 2.12. The Labute approximate surface area is 126 Å². The van der Waals surface area contributed by atoms with Crippen LogP contribution >= 0.6 is 0 Å². The Morgan fingerprint density at radius 3 is 2.48 bits per heavy atom. The van der Waals surface area contributed by atoms with Crippen molar-refractivity contribution >= 4 is 10.0 Å². The highest BCUT2D eigenvalue weighted by Gasteiger charge is 2.23. The summed E-state index contributed by atoms with van der Waals surface area (Å²) in [5.74, 6) is 5.61. The van der Waals surface area contributed by atoms with Crippen LogP contribution in [0.2, 0.25) is 0 Å². The zero-order valence-corrected chi connectivity index (χ0v) is 13.0. The van der Waals surface area contributed by atoms with Crippen molar-refractivity contribution in [3.63, 3.8) is 0 Å². The Hall–Kier alpha value is -1.39. The van der Waals surface area contributed by atoms with Crippen LogP contribution in [-0.2, 0) is 10.0 Å².